The molecule has 1 fully saturated rings. The zero-order valence-corrected chi connectivity index (χ0v) is 19.6. The van der Waals surface area contributed by atoms with Crippen molar-refractivity contribution in [1.82, 2.24) is 4.90 Å². The van der Waals surface area contributed by atoms with Gasteiger partial charge in [-0.05, 0) is 55.8 Å². The molecule has 3 amide bonds. The minimum Gasteiger partial charge on any atom is -0.462 e. The molecule has 0 aliphatic carbocycles. The Balaban J connectivity index is 1.63. The lowest BCUT2D eigenvalue weighted by molar-refractivity contribution is -0.122. The second kappa shape index (κ2) is 10.3. The number of rotatable bonds is 7. The first-order chi connectivity index (χ1) is 16.9. The number of imide groups is 1. The molecule has 7 nitrogen and oxygen atoms in total. The van der Waals surface area contributed by atoms with Crippen molar-refractivity contribution in [3.05, 3.63) is 101 Å². The fourth-order valence-corrected chi connectivity index (χ4v) is 4.06. The molecular formula is C28H26N2O5. The van der Waals surface area contributed by atoms with E-state index in [9.17, 15) is 19.2 Å². The summed E-state index contributed by atoms with van der Waals surface area (Å²) < 4.78 is 4.99. The summed E-state index contributed by atoms with van der Waals surface area (Å²) in [5, 5.41) is 0. The van der Waals surface area contributed by atoms with Crippen molar-refractivity contribution >= 4 is 29.4 Å². The van der Waals surface area contributed by atoms with Gasteiger partial charge in [0.15, 0.2) is 0 Å². The number of carbonyl (C=O) groups excluding carboxylic acids is 4. The predicted octanol–water partition coefficient (Wildman–Crippen LogP) is 4.15. The number of hydrogen-bond acceptors (Lipinski definition) is 5. The monoisotopic (exact) mass is 470 g/mol. The van der Waals surface area contributed by atoms with Gasteiger partial charge < -0.3 is 9.64 Å². The molecule has 0 N–H and O–H groups in total. The summed E-state index contributed by atoms with van der Waals surface area (Å²) >= 11 is 0. The van der Waals surface area contributed by atoms with Gasteiger partial charge in [0, 0.05) is 12.1 Å². The molecule has 0 aromatic heterocycles. The molecule has 3 aromatic carbocycles. The summed E-state index contributed by atoms with van der Waals surface area (Å²) in [6.45, 7) is 4.08. The van der Waals surface area contributed by atoms with Crippen LogP contribution in [0.4, 0.5) is 5.69 Å². The smallest absolute Gasteiger partial charge is 0.338 e. The Labute approximate surface area is 203 Å². The van der Waals surface area contributed by atoms with Crippen LogP contribution in [-0.2, 0) is 20.9 Å². The van der Waals surface area contributed by atoms with E-state index in [1.165, 1.54) is 29.2 Å². The van der Waals surface area contributed by atoms with Crippen molar-refractivity contribution in [2.75, 3.05) is 11.5 Å². The Morgan fingerprint density at radius 1 is 0.914 bits per heavy atom. The third-order valence-electron chi connectivity index (χ3n) is 5.89. The highest BCUT2D eigenvalue weighted by atomic mass is 16.5. The van der Waals surface area contributed by atoms with Crippen molar-refractivity contribution < 1.29 is 23.9 Å². The van der Waals surface area contributed by atoms with E-state index < -0.39 is 23.8 Å². The zero-order valence-electron chi connectivity index (χ0n) is 19.6. The summed E-state index contributed by atoms with van der Waals surface area (Å²) in [5.41, 5.74) is 2.99. The largest absolute Gasteiger partial charge is 0.462 e. The van der Waals surface area contributed by atoms with E-state index in [1.807, 2.05) is 49.4 Å². The molecule has 35 heavy (non-hydrogen) atoms. The third-order valence-corrected chi connectivity index (χ3v) is 5.89. The average molecular weight is 471 g/mol. The van der Waals surface area contributed by atoms with Crippen LogP contribution in [0.25, 0.3) is 0 Å². The molecule has 3 aromatic rings. The average Bonchev–Trinajstić information content (AvgIpc) is 3.17. The fraction of sp³-hybridized carbons (Fsp3) is 0.214. The van der Waals surface area contributed by atoms with Gasteiger partial charge >= 0.3 is 5.97 Å². The SMILES string of the molecule is CCOC(=O)c1ccc(N2C(=O)CC(N(Cc3ccccc3)C(=O)c3ccc(C)cc3)C2=O)cc1. The topological polar surface area (TPSA) is 84.0 Å². The number of aryl methyl sites for hydroxylation is 1. The fourth-order valence-electron chi connectivity index (χ4n) is 4.06. The Morgan fingerprint density at radius 2 is 1.54 bits per heavy atom. The third kappa shape index (κ3) is 5.14. The van der Waals surface area contributed by atoms with Gasteiger partial charge in [-0.15, -0.1) is 0 Å². The number of ether oxygens (including phenoxy) is 1. The molecule has 178 valence electrons. The standard InChI is InChI=1S/C28H26N2O5/c1-3-35-28(34)22-13-15-23(16-14-22)30-25(31)17-24(27(30)33)29(18-20-7-5-4-6-8-20)26(32)21-11-9-19(2)10-12-21/h4-16,24H,3,17-18H2,1-2H3. The first-order valence-electron chi connectivity index (χ1n) is 11.4. The number of nitrogens with zero attached hydrogens (tertiary/aromatic N) is 2. The number of hydrogen-bond donors (Lipinski definition) is 0. The van der Waals surface area contributed by atoms with Crippen LogP contribution >= 0.6 is 0 Å². The minimum absolute atomic E-state index is 0.122. The highest BCUT2D eigenvalue weighted by molar-refractivity contribution is 6.23. The molecule has 0 bridgehead atoms. The molecule has 1 saturated heterocycles. The molecule has 0 spiro atoms. The van der Waals surface area contributed by atoms with Gasteiger partial charge in [-0.25, -0.2) is 9.69 Å². The van der Waals surface area contributed by atoms with Crippen LogP contribution in [0.3, 0.4) is 0 Å². The van der Waals surface area contributed by atoms with Gasteiger partial charge in [0.25, 0.3) is 11.8 Å². The normalized spacial score (nSPS) is 15.3. The maximum atomic E-state index is 13.5. The summed E-state index contributed by atoms with van der Waals surface area (Å²) in [5.74, 6) is -1.68. The quantitative estimate of drug-likeness (QED) is 0.383. The van der Waals surface area contributed by atoms with Crippen LogP contribution in [-0.4, -0.2) is 41.2 Å². The lowest BCUT2D eigenvalue weighted by atomic mass is 10.1. The highest BCUT2D eigenvalue weighted by Gasteiger charge is 2.44. The van der Waals surface area contributed by atoms with Gasteiger partial charge in [-0.3, -0.25) is 14.4 Å². The molecule has 1 atom stereocenters. The molecule has 7 heteroatoms. The van der Waals surface area contributed by atoms with Crippen molar-refractivity contribution in [2.45, 2.75) is 32.9 Å². The van der Waals surface area contributed by atoms with Crippen LogP contribution in [0.5, 0.6) is 0 Å². The zero-order chi connectivity index (χ0) is 24.9. The maximum Gasteiger partial charge on any atom is 0.338 e. The summed E-state index contributed by atoms with van der Waals surface area (Å²) in [6, 6.07) is 21.6. The first kappa shape index (κ1) is 23.9. The first-order valence-corrected chi connectivity index (χ1v) is 11.4. The molecule has 1 aliphatic rings. The summed E-state index contributed by atoms with van der Waals surface area (Å²) in [7, 11) is 0. The van der Waals surface area contributed by atoms with Crippen molar-refractivity contribution in [1.29, 1.82) is 0 Å². The number of benzene rings is 3. The number of amides is 3. The Morgan fingerprint density at radius 3 is 2.17 bits per heavy atom. The Hall–Kier alpha value is -4.26. The molecule has 0 saturated carbocycles. The Kier molecular flexibility index (Phi) is 7.06. The van der Waals surface area contributed by atoms with Crippen LogP contribution in [0.15, 0.2) is 78.9 Å². The lowest BCUT2D eigenvalue weighted by Crippen LogP contribution is -2.45. The highest BCUT2D eigenvalue weighted by Crippen LogP contribution is 2.28. The predicted molar refractivity (Wildman–Crippen MR) is 131 cm³/mol. The second-order valence-corrected chi connectivity index (χ2v) is 8.34. The van der Waals surface area contributed by atoms with Crippen LogP contribution in [0.2, 0.25) is 0 Å². The van der Waals surface area contributed by atoms with Crippen molar-refractivity contribution in [2.24, 2.45) is 0 Å². The van der Waals surface area contributed by atoms with E-state index in [0.717, 1.165) is 16.0 Å². The van der Waals surface area contributed by atoms with Crippen molar-refractivity contribution in [3.8, 4) is 0 Å². The van der Waals surface area contributed by atoms with Crippen LogP contribution in [0.1, 0.15) is 45.2 Å². The van der Waals surface area contributed by atoms with Crippen LogP contribution in [0, 0.1) is 6.92 Å². The molecule has 4 rings (SSSR count). The lowest BCUT2D eigenvalue weighted by Gasteiger charge is -2.28. The molecule has 1 unspecified atom stereocenters. The number of carbonyl (C=O) groups is 4. The Bertz CT molecular complexity index is 1240. The molecular weight excluding hydrogens is 444 g/mol. The molecule has 1 aliphatic heterocycles. The summed E-state index contributed by atoms with van der Waals surface area (Å²) in [6.07, 6.45) is -0.122. The van der Waals surface area contributed by atoms with Crippen LogP contribution < -0.4 is 4.90 Å². The molecule has 0 radical (unpaired) electrons. The van der Waals surface area contributed by atoms with Crippen molar-refractivity contribution in [3.63, 3.8) is 0 Å². The van der Waals surface area contributed by atoms with Gasteiger partial charge in [0.05, 0.1) is 24.3 Å². The second-order valence-electron chi connectivity index (χ2n) is 8.34. The van der Waals surface area contributed by atoms with E-state index in [0.29, 0.717) is 16.8 Å². The number of anilines is 1. The van der Waals surface area contributed by atoms with E-state index >= 15 is 0 Å². The molecule has 1 heterocycles. The van der Waals surface area contributed by atoms with Gasteiger partial charge in [0.1, 0.15) is 6.04 Å². The van der Waals surface area contributed by atoms with E-state index in [1.54, 1.807) is 19.1 Å². The van der Waals surface area contributed by atoms with Gasteiger partial charge in [0.2, 0.25) is 5.91 Å². The number of esters is 1. The van der Waals surface area contributed by atoms with Gasteiger partial charge in [-0.2, -0.15) is 0 Å². The van der Waals surface area contributed by atoms with E-state index in [4.69, 9.17) is 4.74 Å². The van der Waals surface area contributed by atoms with E-state index in [-0.39, 0.29) is 25.5 Å². The minimum atomic E-state index is -0.943. The van der Waals surface area contributed by atoms with Gasteiger partial charge in [-0.1, -0.05) is 48.0 Å². The van der Waals surface area contributed by atoms with E-state index in [2.05, 4.69) is 0 Å². The maximum absolute atomic E-state index is 13.5. The summed E-state index contributed by atoms with van der Waals surface area (Å²) in [4.78, 5) is 54.4.